The molecule has 0 atom stereocenters. The number of carbonyl (C=O) groups excluding carboxylic acids is 2. The van der Waals surface area contributed by atoms with Crippen molar-refractivity contribution in [2.45, 2.75) is 51.0 Å². The molecule has 3 heterocycles. The molecule has 0 radical (unpaired) electrons. The smallest absolute Gasteiger partial charge is 0.374 e. The fourth-order valence-electron chi connectivity index (χ4n) is 3.79. The van der Waals surface area contributed by atoms with Gasteiger partial charge in [-0.1, -0.05) is 6.42 Å². The lowest BCUT2D eigenvalue weighted by atomic mass is 9.99. The number of amides is 2. The van der Waals surface area contributed by atoms with Gasteiger partial charge in [0.1, 0.15) is 0 Å². The molecule has 0 aliphatic carbocycles. The van der Waals surface area contributed by atoms with Gasteiger partial charge in [0.25, 0.3) is 0 Å². The van der Waals surface area contributed by atoms with Crippen molar-refractivity contribution < 1.29 is 14.3 Å². The molecule has 0 saturated carbocycles. The fraction of sp³-hybridized carbons (Fsp3) is 0.667. The van der Waals surface area contributed by atoms with Crippen LogP contribution < -0.4 is 10.5 Å². The van der Waals surface area contributed by atoms with Gasteiger partial charge in [0.2, 0.25) is 5.91 Å². The molecule has 2 aliphatic heterocycles. The van der Waals surface area contributed by atoms with Crippen molar-refractivity contribution in [3.63, 3.8) is 0 Å². The third-order valence-electron chi connectivity index (χ3n) is 5.23. The van der Waals surface area contributed by atoms with Gasteiger partial charge in [0.05, 0.1) is 0 Å². The largest absolute Gasteiger partial charge is 0.412 e. The number of hydrogen-bond acceptors (Lipinski definition) is 6. The number of ether oxygens (including phenoxy) is 1. The van der Waals surface area contributed by atoms with E-state index in [1.54, 1.807) is 12.4 Å². The summed E-state index contributed by atoms with van der Waals surface area (Å²) >= 11 is 0. The summed E-state index contributed by atoms with van der Waals surface area (Å²) in [5, 5.41) is 0. The van der Waals surface area contributed by atoms with Gasteiger partial charge in [0, 0.05) is 37.9 Å². The Balaban J connectivity index is 1.40. The second-order valence-corrected chi connectivity index (χ2v) is 7.00. The molecule has 3 rings (SSSR count). The van der Waals surface area contributed by atoms with Crippen LogP contribution in [0, 0.1) is 0 Å². The molecule has 2 N–H and O–H groups in total. The Morgan fingerprint density at radius 2 is 1.73 bits per heavy atom. The molecule has 0 bridgehead atoms. The Morgan fingerprint density at radius 1 is 1.08 bits per heavy atom. The van der Waals surface area contributed by atoms with Crippen LogP contribution >= 0.6 is 0 Å². The van der Waals surface area contributed by atoms with Crippen LogP contribution in [0.15, 0.2) is 12.4 Å². The maximum absolute atomic E-state index is 12.5. The highest BCUT2D eigenvalue weighted by Crippen LogP contribution is 2.21. The minimum atomic E-state index is -0.944. The summed E-state index contributed by atoms with van der Waals surface area (Å²) in [5.74, 6) is 0.180. The number of piperidine rings is 2. The molecular formula is C18H27N5O3. The van der Waals surface area contributed by atoms with E-state index in [1.807, 2.05) is 4.90 Å². The van der Waals surface area contributed by atoms with E-state index < -0.39 is 6.09 Å². The first-order valence-electron chi connectivity index (χ1n) is 9.42. The summed E-state index contributed by atoms with van der Waals surface area (Å²) in [6, 6.07) is 0.568. The van der Waals surface area contributed by atoms with Gasteiger partial charge < -0.3 is 20.3 Å². The van der Waals surface area contributed by atoms with Crippen molar-refractivity contribution in [3.05, 3.63) is 18.0 Å². The van der Waals surface area contributed by atoms with Crippen molar-refractivity contribution in [1.29, 1.82) is 0 Å². The van der Waals surface area contributed by atoms with Crippen molar-refractivity contribution in [3.8, 4) is 6.01 Å². The topological polar surface area (TPSA) is 102 Å². The van der Waals surface area contributed by atoms with Crippen LogP contribution in [0.4, 0.5) is 4.79 Å². The third-order valence-corrected chi connectivity index (χ3v) is 5.23. The monoisotopic (exact) mass is 361 g/mol. The number of aromatic nitrogens is 2. The first kappa shape index (κ1) is 18.6. The van der Waals surface area contributed by atoms with Gasteiger partial charge >= 0.3 is 12.1 Å². The zero-order valence-electron chi connectivity index (χ0n) is 15.1. The van der Waals surface area contributed by atoms with Gasteiger partial charge in [-0.3, -0.25) is 4.79 Å². The minimum Gasteiger partial charge on any atom is -0.374 e. The minimum absolute atomic E-state index is 0.0765. The predicted molar refractivity (Wildman–Crippen MR) is 95.6 cm³/mol. The second-order valence-electron chi connectivity index (χ2n) is 7.00. The van der Waals surface area contributed by atoms with Crippen LogP contribution in [0.25, 0.3) is 0 Å². The molecule has 0 unspecified atom stereocenters. The van der Waals surface area contributed by atoms with Crippen LogP contribution in [0.2, 0.25) is 0 Å². The van der Waals surface area contributed by atoms with E-state index in [2.05, 4.69) is 19.6 Å². The molecule has 2 aliphatic rings. The third kappa shape index (κ3) is 5.14. The number of nitrogens with zero attached hydrogens (tertiary/aromatic N) is 4. The highest BCUT2D eigenvalue weighted by atomic mass is 16.6. The van der Waals surface area contributed by atoms with E-state index in [0.29, 0.717) is 18.9 Å². The quantitative estimate of drug-likeness (QED) is 0.849. The number of nitrogens with two attached hydrogens (primary N) is 1. The second kappa shape index (κ2) is 8.93. The van der Waals surface area contributed by atoms with Crippen molar-refractivity contribution in [1.82, 2.24) is 19.8 Å². The predicted octanol–water partition coefficient (Wildman–Crippen LogP) is 1.34. The standard InChI is InChI=1S/C18H27N5O3/c19-17(25)26-18-20-12-14(13-21-18)4-5-16(24)23-10-6-15(7-11-23)22-8-2-1-3-9-22/h12-13,15H,1-11H2,(H2,19,25). The average Bonchev–Trinajstić information content (AvgIpc) is 2.67. The highest BCUT2D eigenvalue weighted by molar-refractivity contribution is 5.76. The normalized spacial score (nSPS) is 19.3. The Kier molecular flexibility index (Phi) is 6.38. The molecule has 0 spiro atoms. The van der Waals surface area contributed by atoms with Gasteiger partial charge in [-0.25, -0.2) is 14.8 Å². The number of rotatable bonds is 5. The lowest BCUT2D eigenvalue weighted by molar-refractivity contribution is -0.132. The van der Waals surface area contributed by atoms with E-state index in [0.717, 1.165) is 31.5 Å². The summed E-state index contributed by atoms with van der Waals surface area (Å²) in [7, 11) is 0. The summed E-state index contributed by atoms with van der Waals surface area (Å²) in [4.78, 5) is 35.5. The lowest BCUT2D eigenvalue weighted by Gasteiger charge is -2.40. The van der Waals surface area contributed by atoms with Crippen LogP contribution in [0.5, 0.6) is 6.01 Å². The molecular weight excluding hydrogens is 334 g/mol. The number of primary amides is 1. The number of likely N-dealkylation sites (tertiary alicyclic amines) is 2. The molecule has 142 valence electrons. The Labute approximate surface area is 153 Å². The zero-order chi connectivity index (χ0) is 18.4. The van der Waals surface area contributed by atoms with Crippen molar-refractivity contribution >= 4 is 12.0 Å². The van der Waals surface area contributed by atoms with E-state index in [9.17, 15) is 9.59 Å². The Hall–Kier alpha value is -2.22. The highest BCUT2D eigenvalue weighted by Gasteiger charge is 2.27. The molecule has 2 fully saturated rings. The molecule has 8 nitrogen and oxygen atoms in total. The fourth-order valence-corrected chi connectivity index (χ4v) is 3.79. The van der Waals surface area contributed by atoms with Crippen LogP contribution in [0.3, 0.4) is 0 Å². The van der Waals surface area contributed by atoms with E-state index in [-0.39, 0.29) is 11.9 Å². The molecule has 1 aromatic rings. The van der Waals surface area contributed by atoms with Crippen LogP contribution in [-0.4, -0.2) is 64.0 Å². The summed E-state index contributed by atoms with van der Waals surface area (Å²) < 4.78 is 4.59. The maximum Gasteiger partial charge on any atom is 0.412 e. The first-order chi connectivity index (χ1) is 12.6. The molecule has 26 heavy (non-hydrogen) atoms. The van der Waals surface area contributed by atoms with Gasteiger partial charge in [0.15, 0.2) is 0 Å². The maximum atomic E-state index is 12.5. The van der Waals surface area contributed by atoms with Gasteiger partial charge in [-0.2, -0.15) is 0 Å². The van der Waals surface area contributed by atoms with E-state index >= 15 is 0 Å². The van der Waals surface area contributed by atoms with E-state index in [4.69, 9.17) is 5.73 Å². The molecule has 2 saturated heterocycles. The zero-order valence-corrected chi connectivity index (χ0v) is 15.1. The summed E-state index contributed by atoms with van der Waals surface area (Å²) in [5.41, 5.74) is 5.74. The molecule has 1 aromatic heterocycles. The summed E-state index contributed by atoms with van der Waals surface area (Å²) in [6.45, 7) is 4.13. The number of hydrogen-bond donors (Lipinski definition) is 1. The van der Waals surface area contributed by atoms with E-state index in [1.165, 1.54) is 32.4 Å². The SMILES string of the molecule is NC(=O)Oc1ncc(CCC(=O)N2CCC(N3CCCCC3)CC2)cn1. The number of aryl methyl sites for hydroxylation is 1. The van der Waals surface area contributed by atoms with Crippen LogP contribution in [0.1, 0.15) is 44.1 Å². The molecule has 0 aromatic carbocycles. The van der Waals surface area contributed by atoms with Crippen molar-refractivity contribution in [2.24, 2.45) is 5.73 Å². The van der Waals surface area contributed by atoms with Crippen molar-refractivity contribution in [2.75, 3.05) is 26.2 Å². The lowest BCUT2D eigenvalue weighted by Crippen LogP contribution is -2.48. The van der Waals surface area contributed by atoms with Crippen LogP contribution in [-0.2, 0) is 11.2 Å². The van der Waals surface area contributed by atoms with Gasteiger partial charge in [-0.15, -0.1) is 0 Å². The van der Waals surface area contributed by atoms with Gasteiger partial charge in [-0.05, 0) is 50.8 Å². The molecule has 2 amide bonds. The summed E-state index contributed by atoms with van der Waals surface area (Å²) in [6.07, 6.45) is 9.31. The average molecular weight is 361 g/mol. The Morgan fingerprint density at radius 3 is 2.35 bits per heavy atom. The number of carbonyl (C=O) groups is 2. The first-order valence-corrected chi connectivity index (χ1v) is 9.42. The molecule has 8 heteroatoms. The Bertz CT molecular complexity index is 608.